The van der Waals surface area contributed by atoms with Gasteiger partial charge in [0.1, 0.15) is 0 Å². The van der Waals surface area contributed by atoms with Gasteiger partial charge in [-0.15, -0.1) is 0 Å². The van der Waals surface area contributed by atoms with Gasteiger partial charge in [-0.2, -0.15) is 11.3 Å². The van der Waals surface area contributed by atoms with E-state index < -0.39 is 0 Å². The average Bonchev–Trinajstić information content (AvgIpc) is 2.80. The van der Waals surface area contributed by atoms with Crippen LogP contribution in [0.5, 0.6) is 0 Å². The maximum absolute atomic E-state index is 11.8. The largest absolute Gasteiger partial charge is 0.355 e. The molecule has 1 aliphatic rings. The minimum absolute atomic E-state index is 0.134. The van der Waals surface area contributed by atoms with Crippen molar-refractivity contribution in [2.45, 2.75) is 26.2 Å². The lowest BCUT2D eigenvalue weighted by Gasteiger charge is -2.34. The van der Waals surface area contributed by atoms with E-state index in [1.54, 1.807) is 11.3 Å². The van der Waals surface area contributed by atoms with Crippen LogP contribution in [-0.4, -0.2) is 25.5 Å². The van der Waals surface area contributed by atoms with Gasteiger partial charge in [0, 0.05) is 13.1 Å². The molecule has 94 valence electrons. The fourth-order valence-corrected chi connectivity index (χ4v) is 2.89. The zero-order chi connectivity index (χ0) is 12.1. The Morgan fingerprint density at radius 3 is 3.18 bits per heavy atom. The first-order valence-corrected chi connectivity index (χ1v) is 7.11. The summed E-state index contributed by atoms with van der Waals surface area (Å²) in [6.07, 6.45) is 2.91. The van der Waals surface area contributed by atoms with Crippen molar-refractivity contribution in [2.24, 2.45) is 5.41 Å². The first-order chi connectivity index (χ1) is 8.18. The van der Waals surface area contributed by atoms with Crippen LogP contribution in [0, 0.1) is 5.41 Å². The number of carbonyl (C=O) groups is 1. The standard InChI is InChI=1S/C13H20N2OS/c1-13(4-2-5-14-9-13)10-15-12(16)7-11-3-6-17-8-11/h3,6,8,14H,2,4-5,7,9-10H2,1H3,(H,15,16). The van der Waals surface area contributed by atoms with Crippen LogP contribution in [0.2, 0.25) is 0 Å². The van der Waals surface area contributed by atoms with Gasteiger partial charge in [0.15, 0.2) is 0 Å². The Bertz CT molecular complexity index is 356. The molecule has 0 radical (unpaired) electrons. The van der Waals surface area contributed by atoms with Gasteiger partial charge in [-0.25, -0.2) is 0 Å². The summed E-state index contributed by atoms with van der Waals surface area (Å²) in [6.45, 7) is 5.14. The van der Waals surface area contributed by atoms with E-state index in [1.165, 1.54) is 12.8 Å². The molecule has 1 fully saturated rings. The van der Waals surface area contributed by atoms with Crippen molar-refractivity contribution >= 4 is 17.2 Å². The highest BCUT2D eigenvalue weighted by atomic mass is 32.1. The summed E-state index contributed by atoms with van der Waals surface area (Å²) in [5, 5.41) is 10.5. The van der Waals surface area contributed by atoms with Crippen LogP contribution >= 0.6 is 11.3 Å². The Labute approximate surface area is 107 Å². The summed E-state index contributed by atoms with van der Waals surface area (Å²) in [5.74, 6) is 0.134. The van der Waals surface area contributed by atoms with Gasteiger partial charge in [0.25, 0.3) is 0 Å². The van der Waals surface area contributed by atoms with Crippen LogP contribution < -0.4 is 10.6 Å². The van der Waals surface area contributed by atoms with Crippen molar-refractivity contribution in [3.8, 4) is 0 Å². The van der Waals surface area contributed by atoms with E-state index in [-0.39, 0.29) is 11.3 Å². The molecule has 17 heavy (non-hydrogen) atoms. The quantitative estimate of drug-likeness (QED) is 0.858. The Morgan fingerprint density at radius 2 is 2.53 bits per heavy atom. The summed E-state index contributed by atoms with van der Waals surface area (Å²) >= 11 is 1.64. The molecular weight excluding hydrogens is 232 g/mol. The molecule has 1 aromatic rings. The van der Waals surface area contributed by atoms with E-state index in [0.29, 0.717) is 6.42 Å². The Hall–Kier alpha value is -0.870. The van der Waals surface area contributed by atoms with E-state index in [1.807, 2.05) is 16.8 Å². The van der Waals surface area contributed by atoms with E-state index in [2.05, 4.69) is 17.6 Å². The second-order valence-corrected chi connectivity index (χ2v) is 5.96. The highest BCUT2D eigenvalue weighted by Gasteiger charge is 2.26. The average molecular weight is 252 g/mol. The fourth-order valence-electron chi connectivity index (χ4n) is 2.22. The van der Waals surface area contributed by atoms with Gasteiger partial charge < -0.3 is 10.6 Å². The summed E-state index contributed by atoms with van der Waals surface area (Å²) in [7, 11) is 0. The molecule has 4 heteroatoms. The molecule has 2 N–H and O–H groups in total. The maximum Gasteiger partial charge on any atom is 0.224 e. The summed E-state index contributed by atoms with van der Waals surface area (Å²) < 4.78 is 0. The molecule has 1 aromatic heterocycles. The molecular formula is C13H20N2OS. The fraction of sp³-hybridized carbons (Fsp3) is 0.615. The number of nitrogens with one attached hydrogen (secondary N) is 2. The van der Waals surface area contributed by atoms with Crippen LogP contribution in [0.25, 0.3) is 0 Å². The van der Waals surface area contributed by atoms with Crippen molar-refractivity contribution < 1.29 is 4.79 Å². The van der Waals surface area contributed by atoms with Crippen molar-refractivity contribution in [3.05, 3.63) is 22.4 Å². The minimum Gasteiger partial charge on any atom is -0.355 e. The number of rotatable bonds is 4. The summed E-state index contributed by atoms with van der Waals surface area (Å²) in [4.78, 5) is 11.8. The van der Waals surface area contributed by atoms with Gasteiger partial charge in [0.2, 0.25) is 5.91 Å². The zero-order valence-corrected chi connectivity index (χ0v) is 11.1. The number of hydrogen-bond donors (Lipinski definition) is 2. The van der Waals surface area contributed by atoms with Crippen molar-refractivity contribution in [1.29, 1.82) is 0 Å². The van der Waals surface area contributed by atoms with Crippen LogP contribution in [-0.2, 0) is 11.2 Å². The third-order valence-electron chi connectivity index (χ3n) is 3.34. The molecule has 3 nitrogen and oxygen atoms in total. The first kappa shape index (κ1) is 12.6. The molecule has 0 aliphatic carbocycles. The molecule has 1 saturated heterocycles. The lowest BCUT2D eigenvalue weighted by Crippen LogP contribution is -2.45. The molecule has 0 spiro atoms. The lowest BCUT2D eigenvalue weighted by molar-refractivity contribution is -0.121. The number of piperidine rings is 1. The first-order valence-electron chi connectivity index (χ1n) is 6.16. The molecule has 1 unspecified atom stereocenters. The van der Waals surface area contributed by atoms with Crippen LogP contribution in [0.15, 0.2) is 16.8 Å². The van der Waals surface area contributed by atoms with E-state index in [4.69, 9.17) is 0 Å². The molecule has 1 aliphatic heterocycles. The second kappa shape index (κ2) is 5.65. The van der Waals surface area contributed by atoms with Gasteiger partial charge in [-0.05, 0) is 47.2 Å². The molecule has 0 bridgehead atoms. The Balaban J connectivity index is 1.75. The molecule has 0 aromatic carbocycles. The Kier molecular flexibility index (Phi) is 4.18. The summed E-state index contributed by atoms with van der Waals surface area (Å²) in [5.41, 5.74) is 1.34. The monoisotopic (exact) mass is 252 g/mol. The SMILES string of the molecule is CC1(CNC(=O)Cc2ccsc2)CCCNC1. The number of carbonyl (C=O) groups excluding carboxylic acids is 1. The van der Waals surface area contributed by atoms with Crippen LogP contribution in [0.4, 0.5) is 0 Å². The number of amides is 1. The van der Waals surface area contributed by atoms with Gasteiger partial charge in [-0.3, -0.25) is 4.79 Å². The highest BCUT2D eigenvalue weighted by molar-refractivity contribution is 7.07. The van der Waals surface area contributed by atoms with Crippen molar-refractivity contribution in [2.75, 3.05) is 19.6 Å². The highest BCUT2D eigenvalue weighted by Crippen LogP contribution is 2.24. The smallest absolute Gasteiger partial charge is 0.224 e. The minimum atomic E-state index is 0.134. The Morgan fingerprint density at radius 1 is 1.65 bits per heavy atom. The summed E-state index contributed by atoms with van der Waals surface area (Å²) in [6, 6.07) is 2.01. The zero-order valence-electron chi connectivity index (χ0n) is 10.3. The lowest BCUT2D eigenvalue weighted by atomic mass is 9.83. The van der Waals surface area contributed by atoms with Crippen molar-refractivity contribution in [3.63, 3.8) is 0 Å². The molecule has 2 heterocycles. The molecule has 1 atom stereocenters. The van der Waals surface area contributed by atoms with Crippen molar-refractivity contribution in [1.82, 2.24) is 10.6 Å². The van der Waals surface area contributed by atoms with Gasteiger partial charge in [-0.1, -0.05) is 6.92 Å². The number of hydrogen-bond acceptors (Lipinski definition) is 3. The molecule has 2 rings (SSSR count). The van der Waals surface area contributed by atoms with E-state index >= 15 is 0 Å². The second-order valence-electron chi connectivity index (χ2n) is 5.18. The third kappa shape index (κ3) is 3.82. The topological polar surface area (TPSA) is 41.1 Å². The van der Waals surface area contributed by atoms with E-state index in [0.717, 1.165) is 25.2 Å². The normalized spacial score (nSPS) is 24.5. The van der Waals surface area contributed by atoms with Crippen LogP contribution in [0.1, 0.15) is 25.3 Å². The van der Waals surface area contributed by atoms with Gasteiger partial charge >= 0.3 is 0 Å². The predicted molar refractivity (Wildman–Crippen MR) is 71.2 cm³/mol. The van der Waals surface area contributed by atoms with Gasteiger partial charge in [0.05, 0.1) is 6.42 Å². The van der Waals surface area contributed by atoms with Crippen LogP contribution in [0.3, 0.4) is 0 Å². The number of thiophene rings is 1. The molecule has 0 saturated carbocycles. The third-order valence-corrected chi connectivity index (χ3v) is 4.07. The molecule has 1 amide bonds. The van der Waals surface area contributed by atoms with E-state index in [9.17, 15) is 4.79 Å². The maximum atomic E-state index is 11.8. The predicted octanol–water partition coefficient (Wildman–Crippen LogP) is 1.80.